The van der Waals surface area contributed by atoms with Gasteiger partial charge in [0.25, 0.3) is 0 Å². The standard InChI is InChI=1S/C25H40O2/c1-3-4-5-6-7-8-9-10-11-12-13-14-15-16-23-17-19-24(20-18-23)26-21-25(2)22-27-25/h3,17-20H,1,4-16,21-22H2,2H3. The summed E-state index contributed by atoms with van der Waals surface area (Å²) in [7, 11) is 0. The van der Waals surface area contributed by atoms with Crippen molar-refractivity contribution in [1.82, 2.24) is 0 Å². The van der Waals surface area contributed by atoms with E-state index in [9.17, 15) is 0 Å². The van der Waals surface area contributed by atoms with E-state index in [-0.39, 0.29) is 5.60 Å². The van der Waals surface area contributed by atoms with Crippen LogP contribution >= 0.6 is 0 Å². The van der Waals surface area contributed by atoms with Crippen LogP contribution in [0.2, 0.25) is 0 Å². The number of aryl methyl sites for hydroxylation is 1. The number of epoxide rings is 1. The van der Waals surface area contributed by atoms with E-state index in [0.717, 1.165) is 12.4 Å². The topological polar surface area (TPSA) is 21.8 Å². The smallest absolute Gasteiger partial charge is 0.123 e. The molecule has 1 atom stereocenters. The monoisotopic (exact) mass is 372 g/mol. The first-order valence-corrected chi connectivity index (χ1v) is 11.2. The molecule has 152 valence electrons. The molecule has 2 nitrogen and oxygen atoms in total. The van der Waals surface area contributed by atoms with Gasteiger partial charge < -0.3 is 9.47 Å². The minimum absolute atomic E-state index is 0.0376. The van der Waals surface area contributed by atoms with Crippen molar-refractivity contribution in [3.63, 3.8) is 0 Å². The molecule has 0 saturated carbocycles. The molecule has 0 radical (unpaired) electrons. The van der Waals surface area contributed by atoms with E-state index in [0.29, 0.717) is 6.61 Å². The Morgan fingerprint density at radius 1 is 0.889 bits per heavy atom. The zero-order chi connectivity index (χ0) is 19.2. The number of benzene rings is 1. The molecule has 1 aliphatic rings. The number of unbranched alkanes of at least 4 members (excludes halogenated alkanes) is 11. The summed E-state index contributed by atoms with van der Waals surface area (Å²) in [6, 6.07) is 8.61. The maximum absolute atomic E-state index is 5.78. The van der Waals surface area contributed by atoms with Gasteiger partial charge in [-0.25, -0.2) is 0 Å². The fraction of sp³-hybridized carbons (Fsp3) is 0.680. The lowest BCUT2D eigenvalue weighted by Crippen LogP contribution is -2.16. The van der Waals surface area contributed by atoms with Crippen LogP contribution in [0, 0.1) is 0 Å². The first-order chi connectivity index (χ1) is 13.2. The number of hydrogen-bond acceptors (Lipinski definition) is 2. The summed E-state index contributed by atoms with van der Waals surface area (Å²) >= 11 is 0. The summed E-state index contributed by atoms with van der Waals surface area (Å²) < 4.78 is 11.1. The average molecular weight is 373 g/mol. The molecular weight excluding hydrogens is 332 g/mol. The van der Waals surface area contributed by atoms with Gasteiger partial charge >= 0.3 is 0 Å². The zero-order valence-corrected chi connectivity index (χ0v) is 17.5. The lowest BCUT2D eigenvalue weighted by molar-refractivity contribution is 0.202. The van der Waals surface area contributed by atoms with Crippen molar-refractivity contribution in [3.8, 4) is 5.75 Å². The molecule has 1 saturated heterocycles. The largest absolute Gasteiger partial charge is 0.491 e. The third kappa shape index (κ3) is 10.6. The third-order valence-corrected chi connectivity index (χ3v) is 5.48. The molecule has 27 heavy (non-hydrogen) atoms. The van der Waals surface area contributed by atoms with Gasteiger partial charge in [0.1, 0.15) is 18.0 Å². The Morgan fingerprint density at radius 3 is 1.93 bits per heavy atom. The van der Waals surface area contributed by atoms with Crippen LogP contribution in [0.1, 0.15) is 89.5 Å². The van der Waals surface area contributed by atoms with Gasteiger partial charge in [-0.2, -0.15) is 0 Å². The fourth-order valence-electron chi connectivity index (χ4n) is 3.40. The molecule has 0 aliphatic carbocycles. The maximum atomic E-state index is 5.78. The Kier molecular flexibility index (Phi) is 10.6. The van der Waals surface area contributed by atoms with Crippen LogP contribution in [0.4, 0.5) is 0 Å². The van der Waals surface area contributed by atoms with Crippen LogP contribution in [0.3, 0.4) is 0 Å². The molecule has 1 unspecified atom stereocenters. The molecule has 1 heterocycles. The minimum atomic E-state index is -0.0376. The van der Waals surface area contributed by atoms with E-state index >= 15 is 0 Å². The van der Waals surface area contributed by atoms with Crippen molar-refractivity contribution in [3.05, 3.63) is 42.5 Å². The maximum Gasteiger partial charge on any atom is 0.123 e. The van der Waals surface area contributed by atoms with Crippen LogP contribution in [0.15, 0.2) is 36.9 Å². The van der Waals surface area contributed by atoms with Crippen molar-refractivity contribution < 1.29 is 9.47 Å². The molecule has 0 N–H and O–H groups in total. The Balaban J connectivity index is 1.38. The molecule has 0 spiro atoms. The van der Waals surface area contributed by atoms with Crippen LogP contribution in [-0.2, 0) is 11.2 Å². The summed E-state index contributed by atoms with van der Waals surface area (Å²) in [5, 5.41) is 0. The summed E-state index contributed by atoms with van der Waals surface area (Å²) in [5.41, 5.74) is 1.39. The zero-order valence-electron chi connectivity index (χ0n) is 17.5. The van der Waals surface area contributed by atoms with Gasteiger partial charge in [-0.15, -0.1) is 6.58 Å². The Morgan fingerprint density at radius 2 is 1.41 bits per heavy atom. The molecule has 0 aromatic heterocycles. The van der Waals surface area contributed by atoms with Crippen molar-refractivity contribution in [2.45, 2.75) is 96.0 Å². The predicted octanol–water partition coefficient (Wildman–Crippen LogP) is 7.26. The first kappa shape index (κ1) is 22.0. The molecule has 1 aromatic rings. The van der Waals surface area contributed by atoms with Gasteiger partial charge in [-0.1, -0.05) is 76.0 Å². The fourth-order valence-corrected chi connectivity index (χ4v) is 3.40. The molecule has 0 amide bonds. The molecular formula is C25H40O2. The lowest BCUT2D eigenvalue weighted by atomic mass is 10.0. The molecule has 2 rings (SSSR count). The van der Waals surface area contributed by atoms with Gasteiger partial charge in [-0.3, -0.25) is 0 Å². The quantitative estimate of drug-likeness (QED) is 0.163. The van der Waals surface area contributed by atoms with Crippen LogP contribution < -0.4 is 4.74 Å². The number of rotatable bonds is 17. The highest BCUT2D eigenvalue weighted by Crippen LogP contribution is 2.27. The summed E-state index contributed by atoms with van der Waals surface area (Å²) in [4.78, 5) is 0. The highest BCUT2D eigenvalue weighted by molar-refractivity contribution is 5.27. The van der Waals surface area contributed by atoms with Crippen molar-refractivity contribution in [2.75, 3.05) is 13.2 Å². The molecule has 0 bridgehead atoms. The van der Waals surface area contributed by atoms with Crippen molar-refractivity contribution in [2.24, 2.45) is 0 Å². The third-order valence-electron chi connectivity index (χ3n) is 5.48. The number of ether oxygens (including phenoxy) is 2. The Hall–Kier alpha value is -1.28. The Labute approximate surface area is 167 Å². The highest BCUT2D eigenvalue weighted by atomic mass is 16.6. The van der Waals surface area contributed by atoms with E-state index in [4.69, 9.17) is 9.47 Å². The minimum Gasteiger partial charge on any atom is -0.491 e. The van der Waals surface area contributed by atoms with Crippen molar-refractivity contribution >= 4 is 0 Å². The van der Waals surface area contributed by atoms with Crippen LogP contribution in [-0.4, -0.2) is 18.8 Å². The van der Waals surface area contributed by atoms with Gasteiger partial charge in [0.2, 0.25) is 0 Å². The van der Waals surface area contributed by atoms with E-state index < -0.39 is 0 Å². The van der Waals surface area contributed by atoms with Gasteiger partial charge in [0.15, 0.2) is 0 Å². The van der Waals surface area contributed by atoms with Crippen molar-refractivity contribution in [1.29, 1.82) is 0 Å². The SMILES string of the molecule is C=CCCCCCCCCCCCCCc1ccc(OCC2(C)CO2)cc1. The molecule has 1 fully saturated rings. The highest BCUT2D eigenvalue weighted by Gasteiger charge is 2.40. The number of hydrogen-bond donors (Lipinski definition) is 0. The normalized spacial score (nSPS) is 18.4. The lowest BCUT2D eigenvalue weighted by Gasteiger charge is -2.09. The second kappa shape index (κ2) is 13.0. The molecule has 1 aliphatic heterocycles. The number of allylic oxidation sites excluding steroid dienone is 1. The van der Waals surface area contributed by atoms with Gasteiger partial charge in [-0.05, 0) is 50.3 Å². The summed E-state index contributed by atoms with van der Waals surface area (Å²) in [6.45, 7) is 7.34. The van der Waals surface area contributed by atoms with Gasteiger partial charge in [0, 0.05) is 0 Å². The van der Waals surface area contributed by atoms with E-state index in [2.05, 4.69) is 37.8 Å². The summed E-state index contributed by atoms with van der Waals surface area (Å²) in [5.74, 6) is 0.955. The second-order valence-corrected chi connectivity index (χ2v) is 8.39. The average Bonchev–Trinajstić information content (AvgIpc) is 3.42. The molecule has 1 aromatic carbocycles. The Bertz CT molecular complexity index is 502. The first-order valence-electron chi connectivity index (χ1n) is 11.2. The second-order valence-electron chi connectivity index (χ2n) is 8.39. The van der Waals surface area contributed by atoms with Gasteiger partial charge in [0.05, 0.1) is 6.61 Å². The predicted molar refractivity (Wildman–Crippen MR) is 116 cm³/mol. The van der Waals surface area contributed by atoms with E-state index in [1.54, 1.807) is 0 Å². The van der Waals surface area contributed by atoms with E-state index in [1.165, 1.54) is 89.0 Å². The van der Waals surface area contributed by atoms with Crippen LogP contribution in [0.25, 0.3) is 0 Å². The summed E-state index contributed by atoms with van der Waals surface area (Å²) in [6.07, 6.45) is 19.7. The van der Waals surface area contributed by atoms with Crippen LogP contribution in [0.5, 0.6) is 5.75 Å². The molecule has 2 heteroatoms. The van der Waals surface area contributed by atoms with E-state index in [1.807, 2.05) is 6.08 Å².